The number of rotatable bonds is 6. The van der Waals surface area contributed by atoms with E-state index in [4.69, 9.17) is 9.47 Å². The summed E-state index contributed by atoms with van der Waals surface area (Å²) in [4.78, 5) is 14.5. The van der Waals surface area contributed by atoms with Crippen LogP contribution in [-0.4, -0.2) is 52.7 Å². The van der Waals surface area contributed by atoms with Crippen LogP contribution in [0.15, 0.2) is 53.4 Å². The van der Waals surface area contributed by atoms with Crippen molar-refractivity contribution in [3.8, 4) is 11.5 Å². The van der Waals surface area contributed by atoms with Gasteiger partial charge in [-0.3, -0.25) is 0 Å². The van der Waals surface area contributed by atoms with Gasteiger partial charge in [0.15, 0.2) is 0 Å². The molecule has 1 aliphatic rings. The summed E-state index contributed by atoms with van der Waals surface area (Å²) in [5.41, 5.74) is 0.546. The zero-order valence-corrected chi connectivity index (χ0v) is 17.2. The summed E-state index contributed by atoms with van der Waals surface area (Å²) in [6.45, 7) is 0.901. The normalized spacial score (nSPS) is 15.0. The summed E-state index contributed by atoms with van der Waals surface area (Å²) >= 11 is 0. The predicted molar refractivity (Wildman–Crippen MR) is 110 cm³/mol. The van der Waals surface area contributed by atoms with Crippen LogP contribution in [0.4, 0.5) is 10.5 Å². The van der Waals surface area contributed by atoms with Crippen molar-refractivity contribution >= 4 is 21.7 Å². The number of hydrogen-bond donors (Lipinski definition) is 2. The number of anilines is 1. The number of carbonyl (C=O) groups excluding carboxylic acids is 1. The molecule has 2 N–H and O–H groups in total. The third kappa shape index (κ3) is 5.18. The molecule has 29 heavy (non-hydrogen) atoms. The van der Waals surface area contributed by atoms with E-state index in [0.717, 1.165) is 0 Å². The molecule has 0 saturated carbocycles. The summed E-state index contributed by atoms with van der Waals surface area (Å²) in [6, 6.07) is 13.0. The van der Waals surface area contributed by atoms with Gasteiger partial charge in [-0.2, -0.15) is 0 Å². The molecule has 8 nitrogen and oxygen atoms in total. The summed E-state index contributed by atoms with van der Waals surface area (Å²) < 4.78 is 38.1. The maximum absolute atomic E-state index is 12.6. The summed E-state index contributed by atoms with van der Waals surface area (Å²) in [6.07, 6.45) is 1.08. The quantitative estimate of drug-likeness (QED) is 0.750. The number of nitrogens with zero attached hydrogens (tertiary/aromatic N) is 1. The third-order valence-corrected chi connectivity index (χ3v) is 6.34. The number of ether oxygens (including phenoxy) is 2. The van der Waals surface area contributed by atoms with Crippen molar-refractivity contribution in [3.05, 3.63) is 48.5 Å². The lowest BCUT2D eigenvalue weighted by Gasteiger charge is -2.32. The number of carbonyl (C=O) groups is 1. The molecule has 2 amide bonds. The highest BCUT2D eigenvalue weighted by molar-refractivity contribution is 7.89. The molecule has 1 aliphatic heterocycles. The minimum absolute atomic E-state index is 0.209. The lowest BCUT2D eigenvalue weighted by atomic mass is 10.1. The average Bonchev–Trinajstić information content (AvgIpc) is 2.75. The van der Waals surface area contributed by atoms with Gasteiger partial charge in [-0.25, -0.2) is 17.9 Å². The molecule has 2 aromatic carbocycles. The number of sulfonamides is 1. The Morgan fingerprint density at radius 3 is 2.34 bits per heavy atom. The monoisotopic (exact) mass is 419 g/mol. The van der Waals surface area contributed by atoms with E-state index in [-0.39, 0.29) is 17.0 Å². The first-order chi connectivity index (χ1) is 13.9. The first kappa shape index (κ1) is 20.9. The summed E-state index contributed by atoms with van der Waals surface area (Å²) in [7, 11) is -0.478. The third-order valence-electron chi connectivity index (χ3n) is 4.81. The van der Waals surface area contributed by atoms with Gasteiger partial charge in [0.2, 0.25) is 10.0 Å². The molecule has 3 rings (SSSR count). The Bertz CT molecular complexity index is 942. The molecule has 2 aromatic rings. The Hall–Kier alpha value is -2.78. The number of methoxy groups -OCH3 is 2. The first-order valence-electron chi connectivity index (χ1n) is 9.28. The number of piperidine rings is 1. The van der Waals surface area contributed by atoms with Gasteiger partial charge in [0.1, 0.15) is 11.5 Å². The van der Waals surface area contributed by atoms with E-state index < -0.39 is 10.0 Å². The zero-order valence-electron chi connectivity index (χ0n) is 16.4. The molecule has 0 radical (unpaired) electrons. The van der Waals surface area contributed by atoms with Gasteiger partial charge < -0.3 is 19.7 Å². The molecule has 1 heterocycles. The molecule has 9 heteroatoms. The predicted octanol–water partition coefficient (Wildman–Crippen LogP) is 2.68. The van der Waals surface area contributed by atoms with Crippen LogP contribution >= 0.6 is 0 Å². The van der Waals surface area contributed by atoms with Crippen LogP contribution in [-0.2, 0) is 10.0 Å². The minimum Gasteiger partial charge on any atom is -0.497 e. The number of amides is 2. The second-order valence-corrected chi connectivity index (χ2v) is 8.41. The van der Waals surface area contributed by atoms with Crippen LogP contribution in [0.2, 0.25) is 0 Å². The van der Waals surface area contributed by atoms with Crippen molar-refractivity contribution in [1.29, 1.82) is 0 Å². The van der Waals surface area contributed by atoms with Gasteiger partial charge in [0.05, 0.1) is 24.8 Å². The van der Waals surface area contributed by atoms with E-state index in [0.29, 0.717) is 43.1 Å². The van der Waals surface area contributed by atoms with E-state index in [9.17, 15) is 13.2 Å². The Morgan fingerprint density at radius 1 is 1.03 bits per heavy atom. The highest BCUT2D eigenvalue weighted by Crippen LogP contribution is 2.29. The molecule has 0 spiro atoms. The van der Waals surface area contributed by atoms with Crippen LogP contribution in [0.1, 0.15) is 12.8 Å². The largest absolute Gasteiger partial charge is 0.497 e. The van der Waals surface area contributed by atoms with Crippen LogP contribution in [0.25, 0.3) is 0 Å². The zero-order chi connectivity index (χ0) is 20.9. The van der Waals surface area contributed by atoms with Crippen LogP contribution in [0.5, 0.6) is 11.5 Å². The molecular formula is C20H25N3O5S. The number of nitrogens with one attached hydrogen (secondary N) is 2. The Morgan fingerprint density at radius 2 is 1.72 bits per heavy atom. The van der Waals surface area contributed by atoms with Gasteiger partial charge in [0, 0.05) is 25.2 Å². The smallest absolute Gasteiger partial charge is 0.321 e. The van der Waals surface area contributed by atoms with Gasteiger partial charge in [0.25, 0.3) is 0 Å². The first-order valence-corrected chi connectivity index (χ1v) is 10.8. The maximum atomic E-state index is 12.6. The second-order valence-electron chi connectivity index (χ2n) is 6.69. The topological polar surface area (TPSA) is 97.0 Å². The molecule has 0 bridgehead atoms. The van der Waals surface area contributed by atoms with Crippen LogP contribution in [0.3, 0.4) is 0 Å². The van der Waals surface area contributed by atoms with Gasteiger partial charge in [-0.1, -0.05) is 18.2 Å². The molecule has 1 saturated heterocycles. The standard InChI is InChI=1S/C20H25N3O5S/c1-27-16-8-9-18(19(14-16)28-2)21-20(24)23-12-10-15(11-13-23)22-29(25,26)17-6-4-3-5-7-17/h3-9,14-15,22H,10-13H2,1-2H3,(H,21,24). The van der Waals surface area contributed by atoms with Crippen molar-refractivity contribution in [1.82, 2.24) is 9.62 Å². The highest BCUT2D eigenvalue weighted by Gasteiger charge is 2.27. The molecule has 0 aromatic heterocycles. The molecular weight excluding hydrogens is 394 g/mol. The van der Waals surface area contributed by atoms with Crippen molar-refractivity contribution in [2.24, 2.45) is 0 Å². The van der Waals surface area contributed by atoms with E-state index in [1.165, 1.54) is 7.11 Å². The molecule has 0 unspecified atom stereocenters. The lowest BCUT2D eigenvalue weighted by Crippen LogP contribution is -2.47. The Kier molecular flexibility index (Phi) is 6.60. The summed E-state index contributed by atoms with van der Waals surface area (Å²) in [5, 5.41) is 2.84. The Balaban J connectivity index is 1.56. The number of hydrogen-bond acceptors (Lipinski definition) is 5. The minimum atomic E-state index is -3.56. The average molecular weight is 420 g/mol. The second kappa shape index (κ2) is 9.15. The number of likely N-dealkylation sites (tertiary alicyclic amines) is 1. The SMILES string of the molecule is COc1ccc(NC(=O)N2CCC(NS(=O)(=O)c3ccccc3)CC2)c(OC)c1. The molecule has 0 aliphatic carbocycles. The van der Waals surface area contributed by atoms with Gasteiger partial charge in [-0.05, 0) is 37.1 Å². The fourth-order valence-electron chi connectivity index (χ4n) is 3.18. The van der Waals surface area contributed by atoms with Crippen LogP contribution < -0.4 is 19.5 Å². The van der Waals surface area contributed by atoms with Gasteiger partial charge in [-0.15, -0.1) is 0 Å². The van der Waals surface area contributed by atoms with Crippen LogP contribution in [0, 0.1) is 0 Å². The highest BCUT2D eigenvalue weighted by atomic mass is 32.2. The van der Waals surface area contributed by atoms with E-state index in [1.807, 2.05) is 0 Å². The van der Waals surface area contributed by atoms with Crippen molar-refractivity contribution < 1.29 is 22.7 Å². The number of urea groups is 1. The van der Waals surface area contributed by atoms with Gasteiger partial charge >= 0.3 is 6.03 Å². The molecule has 156 valence electrons. The van der Waals surface area contributed by atoms with E-state index in [2.05, 4.69) is 10.0 Å². The Labute approximate surface area is 170 Å². The van der Waals surface area contributed by atoms with Crippen molar-refractivity contribution in [2.75, 3.05) is 32.6 Å². The lowest BCUT2D eigenvalue weighted by molar-refractivity contribution is 0.193. The fourth-order valence-corrected chi connectivity index (χ4v) is 4.51. The molecule has 1 fully saturated rings. The van der Waals surface area contributed by atoms with E-state index >= 15 is 0 Å². The fraction of sp³-hybridized carbons (Fsp3) is 0.350. The summed E-state index contributed by atoms with van der Waals surface area (Å²) in [5.74, 6) is 1.13. The maximum Gasteiger partial charge on any atom is 0.321 e. The number of benzene rings is 2. The van der Waals surface area contributed by atoms with Crippen molar-refractivity contribution in [2.45, 2.75) is 23.8 Å². The molecule has 0 atom stereocenters. The van der Waals surface area contributed by atoms with Crippen molar-refractivity contribution in [3.63, 3.8) is 0 Å². The van der Waals surface area contributed by atoms with E-state index in [1.54, 1.807) is 60.5 Å².